The molecule has 3 rings (SSSR count). The van der Waals surface area contributed by atoms with Crippen LogP contribution in [0.2, 0.25) is 0 Å². The van der Waals surface area contributed by atoms with Crippen molar-refractivity contribution in [3.05, 3.63) is 64.7 Å². The molecule has 0 bridgehead atoms. The summed E-state index contributed by atoms with van der Waals surface area (Å²) in [6.07, 6.45) is 0. The zero-order valence-corrected chi connectivity index (χ0v) is 21.1. The Morgan fingerprint density at radius 2 is 1.71 bits per heavy atom. The Balaban J connectivity index is 0.00000341. The highest BCUT2D eigenvalue weighted by Gasteiger charge is 2.13. The minimum Gasteiger partial charge on any atom is -0.494 e. The van der Waals surface area contributed by atoms with Crippen molar-refractivity contribution >= 4 is 29.9 Å². The van der Waals surface area contributed by atoms with Crippen molar-refractivity contribution in [2.24, 2.45) is 4.99 Å². The molecule has 1 saturated heterocycles. The first kappa shape index (κ1) is 25.4. The van der Waals surface area contributed by atoms with Gasteiger partial charge < -0.3 is 20.1 Å². The standard InChI is InChI=1S/C24H34N4O2.HI/c1-4-30-23-15-19(2)9-10-21(23)17-27-24(25-3)26-16-20-7-5-6-8-22(20)18-28-11-13-29-14-12-28;/h5-10,15H,4,11-14,16-18H2,1-3H3,(H2,25,26,27);1H. The van der Waals surface area contributed by atoms with Gasteiger partial charge in [-0.1, -0.05) is 36.4 Å². The molecule has 0 aromatic heterocycles. The Morgan fingerprint density at radius 1 is 1.03 bits per heavy atom. The summed E-state index contributed by atoms with van der Waals surface area (Å²) in [5, 5.41) is 6.86. The van der Waals surface area contributed by atoms with Crippen molar-refractivity contribution in [3.63, 3.8) is 0 Å². The molecule has 0 radical (unpaired) electrons. The van der Waals surface area contributed by atoms with Gasteiger partial charge in [0.05, 0.1) is 19.8 Å². The van der Waals surface area contributed by atoms with Crippen LogP contribution in [-0.4, -0.2) is 50.8 Å². The molecule has 31 heavy (non-hydrogen) atoms. The van der Waals surface area contributed by atoms with Crippen LogP contribution < -0.4 is 15.4 Å². The molecular formula is C24H35IN4O2. The van der Waals surface area contributed by atoms with E-state index < -0.39 is 0 Å². The smallest absolute Gasteiger partial charge is 0.191 e. The number of halogens is 1. The van der Waals surface area contributed by atoms with E-state index in [0.29, 0.717) is 13.2 Å². The van der Waals surface area contributed by atoms with E-state index in [9.17, 15) is 0 Å². The summed E-state index contributed by atoms with van der Waals surface area (Å²) in [6.45, 7) is 10.7. The maximum Gasteiger partial charge on any atom is 0.191 e. The molecule has 0 aliphatic carbocycles. The van der Waals surface area contributed by atoms with Crippen LogP contribution in [0.4, 0.5) is 0 Å². The highest BCUT2D eigenvalue weighted by atomic mass is 127. The van der Waals surface area contributed by atoms with Gasteiger partial charge in [0.15, 0.2) is 5.96 Å². The van der Waals surface area contributed by atoms with Crippen molar-refractivity contribution < 1.29 is 9.47 Å². The fraction of sp³-hybridized carbons (Fsp3) is 0.458. The number of rotatable bonds is 8. The summed E-state index contributed by atoms with van der Waals surface area (Å²) >= 11 is 0. The molecule has 1 heterocycles. The highest BCUT2D eigenvalue weighted by molar-refractivity contribution is 14.0. The predicted molar refractivity (Wildman–Crippen MR) is 137 cm³/mol. The van der Waals surface area contributed by atoms with Gasteiger partial charge in [0.2, 0.25) is 0 Å². The number of aliphatic imine (C=N–C) groups is 1. The minimum absolute atomic E-state index is 0. The Labute approximate surface area is 203 Å². The van der Waals surface area contributed by atoms with E-state index in [1.807, 2.05) is 6.92 Å². The number of nitrogens with one attached hydrogen (secondary N) is 2. The predicted octanol–water partition coefficient (Wildman–Crippen LogP) is 3.71. The van der Waals surface area contributed by atoms with Gasteiger partial charge in [-0.15, -0.1) is 24.0 Å². The van der Waals surface area contributed by atoms with Gasteiger partial charge in [0, 0.05) is 45.3 Å². The number of nitrogens with zero attached hydrogens (tertiary/aromatic N) is 2. The monoisotopic (exact) mass is 538 g/mol. The average molecular weight is 538 g/mol. The van der Waals surface area contributed by atoms with Crippen molar-refractivity contribution in [1.82, 2.24) is 15.5 Å². The second-order valence-electron chi connectivity index (χ2n) is 7.48. The Bertz CT molecular complexity index is 838. The molecule has 7 heteroatoms. The van der Waals surface area contributed by atoms with Crippen LogP contribution >= 0.6 is 24.0 Å². The Morgan fingerprint density at radius 3 is 2.39 bits per heavy atom. The molecule has 0 atom stereocenters. The van der Waals surface area contributed by atoms with Crippen LogP contribution in [0.25, 0.3) is 0 Å². The number of morpholine rings is 1. The summed E-state index contributed by atoms with van der Waals surface area (Å²) in [5.41, 5.74) is 4.96. The van der Waals surface area contributed by atoms with Crippen LogP contribution in [0.5, 0.6) is 5.75 Å². The van der Waals surface area contributed by atoms with Crippen molar-refractivity contribution in [2.45, 2.75) is 33.5 Å². The molecule has 2 N–H and O–H groups in total. The van der Waals surface area contributed by atoms with E-state index >= 15 is 0 Å². The first-order valence-electron chi connectivity index (χ1n) is 10.7. The third-order valence-electron chi connectivity index (χ3n) is 5.25. The van der Waals surface area contributed by atoms with Gasteiger partial charge in [-0.3, -0.25) is 9.89 Å². The largest absolute Gasteiger partial charge is 0.494 e. The van der Waals surface area contributed by atoms with E-state index in [2.05, 4.69) is 69.9 Å². The van der Waals surface area contributed by atoms with Crippen LogP contribution in [0.15, 0.2) is 47.5 Å². The lowest BCUT2D eigenvalue weighted by atomic mass is 10.1. The average Bonchev–Trinajstić information content (AvgIpc) is 2.77. The number of aryl methyl sites for hydroxylation is 1. The van der Waals surface area contributed by atoms with Gasteiger partial charge in [-0.2, -0.15) is 0 Å². The summed E-state index contributed by atoms with van der Waals surface area (Å²) < 4.78 is 11.3. The van der Waals surface area contributed by atoms with Crippen molar-refractivity contribution in [1.29, 1.82) is 0 Å². The van der Waals surface area contributed by atoms with Gasteiger partial charge in [-0.05, 0) is 36.6 Å². The normalized spacial score (nSPS) is 14.6. The van der Waals surface area contributed by atoms with E-state index in [1.165, 1.54) is 16.7 Å². The molecule has 170 valence electrons. The molecule has 1 fully saturated rings. The molecule has 0 saturated carbocycles. The number of hydrogen-bond donors (Lipinski definition) is 2. The van der Waals surface area contributed by atoms with Crippen LogP contribution in [0, 0.1) is 6.92 Å². The molecule has 1 aliphatic heterocycles. The quantitative estimate of drug-likeness (QED) is 0.305. The topological polar surface area (TPSA) is 58.1 Å². The molecule has 6 nitrogen and oxygen atoms in total. The summed E-state index contributed by atoms with van der Waals surface area (Å²) in [4.78, 5) is 6.83. The third kappa shape index (κ3) is 7.97. The minimum atomic E-state index is 0. The molecule has 0 unspecified atom stereocenters. The molecule has 0 spiro atoms. The fourth-order valence-electron chi connectivity index (χ4n) is 3.56. The van der Waals surface area contributed by atoms with E-state index in [0.717, 1.165) is 56.7 Å². The van der Waals surface area contributed by atoms with Gasteiger partial charge >= 0.3 is 0 Å². The summed E-state index contributed by atoms with van der Waals surface area (Å²) in [5.74, 6) is 1.70. The van der Waals surface area contributed by atoms with Crippen molar-refractivity contribution in [2.75, 3.05) is 40.0 Å². The molecule has 1 aliphatic rings. The van der Waals surface area contributed by atoms with Gasteiger partial charge in [-0.25, -0.2) is 0 Å². The van der Waals surface area contributed by atoms with Crippen molar-refractivity contribution in [3.8, 4) is 5.75 Å². The number of guanidine groups is 1. The maximum atomic E-state index is 5.79. The lowest BCUT2D eigenvalue weighted by molar-refractivity contribution is 0.0341. The summed E-state index contributed by atoms with van der Waals surface area (Å²) in [7, 11) is 1.80. The Hall–Kier alpha value is -1.84. The van der Waals surface area contributed by atoms with Crippen LogP contribution in [-0.2, 0) is 24.4 Å². The number of benzene rings is 2. The second kappa shape index (κ2) is 13.5. The number of ether oxygens (including phenoxy) is 2. The first-order chi connectivity index (χ1) is 14.7. The molecule has 2 aromatic carbocycles. The number of hydrogen-bond acceptors (Lipinski definition) is 4. The SMILES string of the molecule is CCOc1cc(C)ccc1CNC(=NC)NCc1ccccc1CN1CCOCC1.I. The second-order valence-corrected chi connectivity index (χ2v) is 7.48. The van der Waals surface area contributed by atoms with E-state index in [-0.39, 0.29) is 24.0 Å². The van der Waals surface area contributed by atoms with Crippen LogP contribution in [0.1, 0.15) is 29.2 Å². The lowest BCUT2D eigenvalue weighted by Gasteiger charge is -2.27. The first-order valence-corrected chi connectivity index (χ1v) is 10.7. The van der Waals surface area contributed by atoms with Crippen LogP contribution in [0.3, 0.4) is 0 Å². The lowest BCUT2D eigenvalue weighted by Crippen LogP contribution is -2.37. The Kier molecular flexibility index (Phi) is 11.1. The molecule has 0 amide bonds. The van der Waals surface area contributed by atoms with E-state index in [4.69, 9.17) is 9.47 Å². The highest BCUT2D eigenvalue weighted by Crippen LogP contribution is 2.20. The third-order valence-corrected chi connectivity index (χ3v) is 5.25. The molecular weight excluding hydrogens is 503 g/mol. The maximum absolute atomic E-state index is 5.79. The summed E-state index contributed by atoms with van der Waals surface area (Å²) in [6, 6.07) is 14.9. The zero-order valence-electron chi connectivity index (χ0n) is 18.8. The fourth-order valence-corrected chi connectivity index (χ4v) is 3.56. The zero-order chi connectivity index (χ0) is 21.2. The molecule has 2 aromatic rings. The van der Waals surface area contributed by atoms with E-state index in [1.54, 1.807) is 7.05 Å². The van der Waals surface area contributed by atoms with Gasteiger partial charge in [0.25, 0.3) is 0 Å². The van der Waals surface area contributed by atoms with Gasteiger partial charge in [0.1, 0.15) is 5.75 Å².